The van der Waals surface area contributed by atoms with Crippen LogP contribution in [0.5, 0.6) is 0 Å². The summed E-state index contributed by atoms with van der Waals surface area (Å²) in [4.78, 5) is 9.31. The standard InChI is InChI=1S/C19H41N5O/c1-17(2)18(24-11-8-6-7-9-12-24)16-22-19(20-3)21-10-13-23(4)14-15-25-5/h17-18H,6-16H2,1-5H3,(H2,20,21,22). The van der Waals surface area contributed by atoms with E-state index >= 15 is 0 Å². The fraction of sp³-hybridized carbons (Fsp3) is 0.947. The highest BCUT2D eigenvalue weighted by atomic mass is 16.5. The van der Waals surface area contributed by atoms with E-state index in [9.17, 15) is 0 Å². The molecule has 148 valence electrons. The fourth-order valence-corrected chi connectivity index (χ4v) is 3.36. The first-order valence-electron chi connectivity index (χ1n) is 9.94. The molecule has 25 heavy (non-hydrogen) atoms. The summed E-state index contributed by atoms with van der Waals surface area (Å²) >= 11 is 0. The number of nitrogens with zero attached hydrogens (tertiary/aromatic N) is 3. The van der Waals surface area contributed by atoms with Crippen molar-refractivity contribution in [3.63, 3.8) is 0 Å². The van der Waals surface area contributed by atoms with E-state index in [2.05, 4.69) is 46.3 Å². The van der Waals surface area contributed by atoms with Gasteiger partial charge in [-0.25, -0.2) is 0 Å². The van der Waals surface area contributed by atoms with Gasteiger partial charge in [-0.15, -0.1) is 0 Å². The number of guanidine groups is 1. The van der Waals surface area contributed by atoms with Crippen molar-refractivity contribution in [2.75, 3.05) is 67.1 Å². The fourth-order valence-electron chi connectivity index (χ4n) is 3.36. The van der Waals surface area contributed by atoms with E-state index in [4.69, 9.17) is 4.74 Å². The molecule has 1 rings (SSSR count). The predicted molar refractivity (Wildman–Crippen MR) is 107 cm³/mol. The van der Waals surface area contributed by atoms with Gasteiger partial charge in [0.05, 0.1) is 6.61 Å². The van der Waals surface area contributed by atoms with E-state index in [0.717, 1.165) is 38.7 Å². The maximum atomic E-state index is 5.11. The average molecular weight is 356 g/mol. The summed E-state index contributed by atoms with van der Waals surface area (Å²) < 4.78 is 5.11. The lowest BCUT2D eigenvalue weighted by atomic mass is 10.0. The van der Waals surface area contributed by atoms with Crippen LogP contribution >= 0.6 is 0 Å². The molecule has 6 nitrogen and oxygen atoms in total. The molecule has 1 saturated heterocycles. The molecule has 0 bridgehead atoms. The number of ether oxygens (including phenoxy) is 1. The summed E-state index contributed by atoms with van der Waals surface area (Å²) in [6.07, 6.45) is 5.44. The lowest BCUT2D eigenvalue weighted by Crippen LogP contribution is -2.50. The molecule has 0 spiro atoms. The van der Waals surface area contributed by atoms with Crippen LogP contribution in [-0.4, -0.2) is 88.9 Å². The first kappa shape index (κ1) is 22.2. The van der Waals surface area contributed by atoms with Gasteiger partial charge < -0.3 is 20.3 Å². The minimum Gasteiger partial charge on any atom is -0.383 e. The summed E-state index contributed by atoms with van der Waals surface area (Å²) in [6, 6.07) is 0.570. The third-order valence-corrected chi connectivity index (χ3v) is 5.04. The van der Waals surface area contributed by atoms with E-state index in [0.29, 0.717) is 12.0 Å². The van der Waals surface area contributed by atoms with Gasteiger partial charge in [0, 0.05) is 46.4 Å². The number of rotatable bonds is 10. The molecule has 0 aromatic rings. The molecule has 1 heterocycles. The molecule has 0 aromatic heterocycles. The Morgan fingerprint density at radius 2 is 1.80 bits per heavy atom. The Hall–Kier alpha value is -0.850. The zero-order valence-electron chi connectivity index (χ0n) is 17.2. The van der Waals surface area contributed by atoms with Gasteiger partial charge in [0.15, 0.2) is 5.96 Å². The van der Waals surface area contributed by atoms with Gasteiger partial charge in [-0.1, -0.05) is 26.7 Å². The summed E-state index contributed by atoms with van der Waals surface area (Å²) in [5.74, 6) is 1.55. The second-order valence-electron chi connectivity index (χ2n) is 7.44. The topological polar surface area (TPSA) is 52.1 Å². The van der Waals surface area contributed by atoms with Gasteiger partial charge >= 0.3 is 0 Å². The van der Waals surface area contributed by atoms with Gasteiger partial charge in [0.25, 0.3) is 0 Å². The van der Waals surface area contributed by atoms with E-state index in [1.807, 2.05) is 7.05 Å². The largest absolute Gasteiger partial charge is 0.383 e. The molecule has 0 aromatic carbocycles. The molecule has 1 atom stereocenters. The third-order valence-electron chi connectivity index (χ3n) is 5.04. The zero-order valence-corrected chi connectivity index (χ0v) is 17.2. The molecule has 0 aliphatic carbocycles. The van der Waals surface area contributed by atoms with Crippen molar-refractivity contribution in [3.8, 4) is 0 Å². The van der Waals surface area contributed by atoms with Crippen LogP contribution in [0.2, 0.25) is 0 Å². The number of likely N-dealkylation sites (N-methyl/N-ethyl adjacent to an activating group) is 1. The number of hydrogen-bond acceptors (Lipinski definition) is 4. The van der Waals surface area contributed by atoms with Crippen LogP contribution in [0.15, 0.2) is 4.99 Å². The lowest BCUT2D eigenvalue weighted by Gasteiger charge is -2.34. The van der Waals surface area contributed by atoms with Crippen LogP contribution in [0.4, 0.5) is 0 Å². The SMILES string of the molecule is CN=C(NCCN(C)CCOC)NCC(C(C)C)N1CCCCCC1. The van der Waals surface area contributed by atoms with E-state index < -0.39 is 0 Å². The Balaban J connectivity index is 2.37. The van der Waals surface area contributed by atoms with Crippen molar-refractivity contribution in [2.45, 2.75) is 45.6 Å². The second kappa shape index (κ2) is 13.4. The Labute approximate surface area is 155 Å². The highest BCUT2D eigenvalue weighted by molar-refractivity contribution is 5.79. The van der Waals surface area contributed by atoms with Crippen LogP contribution in [0, 0.1) is 5.92 Å². The number of methoxy groups -OCH3 is 1. The number of aliphatic imine (C=N–C) groups is 1. The average Bonchev–Trinajstić information content (AvgIpc) is 2.87. The number of hydrogen-bond donors (Lipinski definition) is 2. The lowest BCUT2D eigenvalue weighted by molar-refractivity contribution is 0.160. The summed E-state index contributed by atoms with van der Waals surface area (Å²) in [5, 5.41) is 6.96. The molecule has 1 aliphatic heterocycles. The minimum absolute atomic E-state index is 0.570. The summed E-state index contributed by atoms with van der Waals surface area (Å²) in [5.41, 5.74) is 0. The molecule has 1 unspecified atom stereocenters. The first-order valence-corrected chi connectivity index (χ1v) is 9.94. The van der Waals surface area contributed by atoms with Crippen molar-refractivity contribution >= 4 is 5.96 Å². The minimum atomic E-state index is 0.570. The second-order valence-corrected chi connectivity index (χ2v) is 7.44. The number of nitrogens with one attached hydrogen (secondary N) is 2. The summed E-state index contributed by atoms with van der Waals surface area (Å²) in [7, 11) is 5.71. The van der Waals surface area contributed by atoms with Crippen molar-refractivity contribution in [3.05, 3.63) is 0 Å². The molecule has 1 aliphatic rings. The van der Waals surface area contributed by atoms with Crippen LogP contribution in [0.25, 0.3) is 0 Å². The monoisotopic (exact) mass is 355 g/mol. The van der Waals surface area contributed by atoms with Crippen molar-refractivity contribution in [1.29, 1.82) is 0 Å². The molecular weight excluding hydrogens is 314 g/mol. The van der Waals surface area contributed by atoms with Crippen molar-refractivity contribution in [1.82, 2.24) is 20.4 Å². The van der Waals surface area contributed by atoms with Gasteiger partial charge in [0.1, 0.15) is 0 Å². The molecule has 0 radical (unpaired) electrons. The Morgan fingerprint density at radius 3 is 2.36 bits per heavy atom. The molecule has 2 N–H and O–H groups in total. The Bertz CT molecular complexity index is 354. The highest BCUT2D eigenvalue weighted by Gasteiger charge is 2.22. The van der Waals surface area contributed by atoms with Gasteiger partial charge in [-0.3, -0.25) is 9.89 Å². The van der Waals surface area contributed by atoms with Crippen LogP contribution < -0.4 is 10.6 Å². The van der Waals surface area contributed by atoms with Crippen LogP contribution in [0.1, 0.15) is 39.5 Å². The quantitative estimate of drug-likeness (QED) is 0.461. The zero-order chi connectivity index (χ0) is 18.5. The predicted octanol–water partition coefficient (Wildman–Crippen LogP) is 1.63. The van der Waals surface area contributed by atoms with E-state index in [1.54, 1.807) is 7.11 Å². The molecule has 6 heteroatoms. The highest BCUT2D eigenvalue weighted by Crippen LogP contribution is 2.16. The third kappa shape index (κ3) is 9.42. The molecule has 0 saturated carbocycles. The van der Waals surface area contributed by atoms with Gasteiger partial charge in [-0.2, -0.15) is 0 Å². The molecule has 1 fully saturated rings. The molecule has 0 amide bonds. The van der Waals surface area contributed by atoms with Gasteiger partial charge in [0.2, 0.25) is 0 Å². The Kier molecular flexibility index (Phi) is 11.9. The first-order chi connectivity index (χ1) is 12.1. The normalized spacial score (nSPS) is 18.4. The van der Waals surface area contributed by atoms with Crippen molar-refractivity contribution in [2.24, 2.45) is 10.9 Å². The molecular formula is C19H41N5O. The van der Waals surface area contributed by atoms with E-state index in [1.165, 1.54) is 38.8 Å². The van der Waals surface area contributed by atoms with Crippen LogP contribution in [-0.2, 0) is 4.74 Å². The number of likely N-dealkylation sites (tertiary alicyclic amines) is 1. The van der Waals surface area contributed by atoms with E-state index in [-0.39, 0.29) is 0 Å². The van der Waals surface area contributed by atoms with Crippen molar-refractivity contribution < 1.29 is 4.74 Å². The Morgan fingerprint density at radius 1 is 1.12 bits per heavy atom. The maximum absolute atomic E-state index is 5.11. The van der Waals surface area contributed by atoms with Crippen LogP contribution in [0.3, 0.4) is 0 Å². The summed E-state index contributed by atoms with van der Waals surface area (Å²) in [6.45, 7) is 11.7. The maximum Gasteiger partial charge on any atom is 0.191 e. The smallest absolute Gasteiger partial charge is 0.191 e. The van der Waals surface area contributed by atoms with Gasteiger partial charge in [-0.05, 0) is 38.9 Å².